The van der Waals surface area contributed by atoms with E-state index in [0.29, 0.717) is 0 Å². The topological polar surface area (TPSA) is 34.1 Å². The van der Waals surface area contributed by atoms with E-state index < -0.39 is 8.89 Å². The van der Waals surface area contributed by atoms with Crippen molar-refractivity contribution in [3.63, 3.8) is 0 Å². The summed E-state index contributed by atoms with van der Waals surface area (Å²) < 4.78 is -0.889. The van der Waals surface area contributed by atoms with E-state index in [2.05, 4.69) is 50.5 Å². The molecule has 9 heavy (non-hydrogen) atoms. The fraction of sp³-hybridized carbons (Fsp3) is 0. The minimum Gasteiger partial charge on any atom is -0.275 e. The second kappa shape index (κ2) is 11.8. The molecule has 56 valence electrons. The van der Waals surface area contributed by atoms with E-state index in [-0.39, 0.29) is 13.5 Å². The van der Waals surface area contributed by atoms with Crippen molar-refractivity contribution < 1.29 is 9.59 Å². The SMILES string of the molecule is O=C(S)S.O=C(S)S.S. The lowest BCUT2D eigenvalue weighted by molar-refractivity contribution is 0.276. The molecule has 2 nitrogen and oxygen atoms in total. The Balaban J connectivity index is -0.0000000720. The van der Waals surface area contributed by atoms with E-state index in [9.17, 15) is 9.59 Å². The Kier molecular flexibility index (Phi) is 21.8. The van der Waals surface area contributed by atoms with Crippen molar-refractivity contribution in [3.8, 4) is 0 Å². The average molecular weight is 222 g/mol. The normalized spacial score (nSPS) is 5.78. The van der Waals surface area contributed by atoms with Crippen LogP contribution in [0.5, 0.6) is 0 Å². The van der Waals surface area contributed by atoms with Gasteiger partial charge in [-0.25, -0.2) is 0 Å². The molecule has 0 bridgehead atoms. The van der Waals surface area contributed by atoms with E-state index in [1.165, 1.54) is 0 Å². The highest BCUT2D eigenvalue weighted by Gasteiger charge is 1.65. The molecule has 7 heteroatoms. The van der Waals surface area contributed by atoms with Gasteiger partial charge in [-0.3, -0.25) is 9.59 Å². The van der Waals surface area contributed by atoms with E-state index in [1.54, 1.807) is 0 Å². The molecule has 0 radical (unpaired) electrons. The number of thiol groups is 4. The summed E-state index contributed by atoms with van der Waals surface area (Å²) in [5, 5.41) is 0. The zero-order chi connectivity index (χ0) is 7.15. The van der Waals surface area contributed by atoms with Crippen molar-refractivity contribution >= 4 is 72.9 Å². The molecule has 0 saturated carbocycles. The second-order valence-electron chi connectivity index (χ2n) is 0.565. The first kappa shape index (κ1) is 16.6. The summed E-state index contributed by atoms with van der Waals surface area (Å²) in [7, 11) is 0. The summed E-state index contributed by atoms with van der Waals surface area (Å²) >= 11 is 12.8. The Hall–Kier alpha value is 1.09. The lowest BCUT2D eigenvalue weighted by Crippen LogP contribution is -1.47. The first-order chi connectivity index (χ1) is 3.46. The van der Waals surface area contributed by atoms with Gasteiger partial charge in [0, 0.05) is 0 Å². The second-order valence-corrected chi connectivity index (χ2v) is 2.90. The third-order valence-electron chi connectivity index (χ3n) is 0. The van der Waals surface area contributed by atoms with Crippen LogP contribution in [0.3, 0.4) is 0 Å². The third-order valence-corrected chi connectivity index (χ3v) is 0. The molecule has 0 heterocycles. The van der Waals surface area contributed by atoms with E-state index in [1.807, 2.05) is 0 Å². The van der Waals surface area contributed by atoms with Crippen LogP contribution in [0.15, 0.2) is 0 Å². The Labute approximate surface area is 82.2 Å². The number of carbonyl (C=O) groups is 2. The molecule has 0 amide bonds. The molecule has 0 spiro atoms. The predicted octanol–water partition coefficient (Wildman–Crippen LogP) is 2.04. The lowest BCUT2D eigenvalue weighted by Gasteiger charge is -1.54. The fourth-order valence-corrected chi connectivity index (χ4v) is 0. The molecule has 0 saturated heterocycles. The molecular formula is C2H6O2S5. The Morgan fingerprint density at radius 2 is 0.778 bits per heavy atom. The van der Waals surface area contributed by atoms with E-state index in [0.717, 1.165) is 0 Å². The molecular weight excluding hydrogens is 216 g/mol. The maximum atomic E-state index is 9.17. The van der Waals surface area contributed by atoms with Gasteiger partial charge in [-0.05, 0) is 0 Å². The maximum absolute atomic E-state index is 9.17. The van der Waals surface area contributed by atoms with Crippen molar-refractivity contribution in [2.75, 3.05) is 0 Å². The van der Waals surface area contributed by atoms with Crippen molar-refractivity contribution in [1.82, 2.24) is 0 Å². The zero-order valence-corrected chi connectivity index (χ0v) is 8.68. The third kappa shape index (κ3) is 385. The number of hydrogen-bond donors (Lipinski definition) is 4. The van der Waals surface area contributed by atoms with Crippen molar-refractivity contribution in [1.29, 1.82) is 0 Å². The molecule has 0 aliphatic heterocycles. The van der Waals surface area contributed by atoms with Crippen LogP contribution < -0.4 is 0 Å². The summed E-state index contributed by atoms with van der Waals surface area (Å²) in [4.78, 5) is 18.3. The van der Waals surface area contributed by atoms with E-state index in [4.69, 9.17) is 0 Å². The molecule has 0 atom stereocenters. The number of carbonyl (C=O) groups excluding carboxylic acids is 2. The molecule has 0 aromatic rings. The number of rotatable bonds is 0. The molecule has 0 aromatic heterocycles. The van der Waals surface area contributed by atoms with Crippen molar-refractivity contribution in [2.24, 2.45) is 0 Å². The van der Waals surface area contributed by atoms with Crippen LogP contribution in [0.1, 0.15) is 0 Å². The molecule has 0 rings (SSSR count). The van der Waals surface area contributed by atoms with Gasteiger partial charge in [0.1, 0.15) is 0 Å². The van der Waals surface area contributed by atoms with Gasteiger partial charge >= 0.3 is 0 Å². The average Bonchev–Trinajstić information content (AvgIpc) is 1.25. The highest BCUT2D eigenvalue weighted by Crippen LogP contribution is 1.82. The summed E-state index contributed by atoms with van der Waals surface area (Å²) in [6, 6.07) is 0. The summed E-state index contributed by atoms with van der Waals surface area (Å²) in [5.74, 6) is 0. The van der Waals surface area contributed by atoms with Gasteiger partial charge in [0.05, 0.1) is 0 Å². The smallest absolute Gasteiger partial charge is 0.239 e. The monoisotopic (exact) mass is 222 g/mol. The van der Waals surface area contributed by atoms with Gasteiger partial charge < -0.3 is 0 Å². The molecule has 0 aromatic carbocycles. The Morgan fingerprint density at radius 3 is 0.778 bits per heavy atom. The highest BCUT2D eigenvalue weighted by molar-refractivity contribution is 8.23. The Bertz CT molecular complexity index is 71.0. The minimum absolute atomic E-state index is 0. The molecule has 0 N–H and O–H groups in total. The standard InChI is InChI=1S/2CH2OS2.H2S/c2*2-1(3)4;/h2*(H2,2,3,4);1H2. The summed E-state index contributed by atoms with van der Waals surface area (Å²) in [5.41, 5.74) is 0. The van der Waals surface area contributed by atoms with Crippen LogP contribution >= 0.6 is 64.0 Å². The minimum atomic E-state index is -0.444. The molecule has 0 fully saturated rings. The Morgan fingerprint density at radius 1 is 0.778 bits per heavy atom. The van der Waals surface area contributed by atoms with Crippen LogP contribution in [0.25, 0.3) is 0 Å². The molecule has 0 unspecified atom stereocenters. The van der Waals surface area contributed by atoms with Gasteiger partial charge in [-0.15, -0.1) is 0 Å². The fourth-order valence-electron chi connectivity index (χ4n) is 0. The molecule has 0 aliphatic rings. The van der Waals surface area contributed by atoms with Gasteiger partial charge in [-0.1, -0.05) is 50.5 Å². The van der Waals surface area contributed by atoms with E-state index >= 15 is 0 Å². The van der Waals surface area contributed by atoms with Crippen molar-refractivity contribution in [2.45, 2.75) is 0 Å². The zero-order valence-electron chi connectivity index (χ0n) is 4.11. The van der Waals surface area contributed by atoms with Crippen LogP contribution in [0, 0.1) is 0 Å². The van der Waals surface area contributed by atoms with Gasteiger partial charge in [0.15, 0.2) is 0 Å². The van der Waals surface area contributed by atoms with Crippen LogP contribution in [0.4, 0.5) is 9.59 Å². The first-order valence-electron chi connectivity index (χ1n) is 1.30. The predicted molar refractivity (Wildman–Crippen MR) is 57.1 cm³/mol. The van der Waals surface area contributed by atoms with Crippen LogP contribution in [-0.2, 0) is 0 Å². The van der Waals surface area contributed by atoms with Crippen LogP contribution in [0.2, 0.25) is 0 Å². The highest BCUT2D eigenvalue weighted by atomic mass is 32.2. The van der Waals surface area contributed by atoms with Gasteiger partial charge in [0.2, 0.25) is 8.89 Å². The van der Waals surface area contributed by atoms with Gasteiger partial charge in [0.25, 0.3) is 0 Å². The first-order valence-corrected chi connectivity index (χ1v) is 3.09. The quantitative estimate of drug-likeness (QED) is 0.473. The summed E-state index contributed by atoms with van der Waals surface area (Å²) in [6.07, 6.45) is 0. The lowest BCUT2D eigenvalue weighted by atomic mass is 11.8. The summed E-state index contributed by atoms with van der Waals surface area (Å²) in [6.45, 7) is 0. The molecule has 0 aliphatic carbocycles. The maximum Gasteiger partial charge on any atom is 0.239 e. The largest absolute Gasteiger partial charge is 0.275 e. The number of hydrogen-bond acceptors (Lipinski definition) is 2. The van der Waals surface area contributed by atoms with Crippen molar-refractivity contribution in [3.05, 3.63) is 0 Å². The van der Waals surface area contributed by atoms with Crippen LogP contribution in [-0.4, -0.2) is 8.89 Å². The van der Waals surface area contributed by atoms with Gasteiger partial charge in [-0.2, -0.15) is 13.5 Å².